The highest BCUT2D eigenvalue weighted by Gasteiger charge is 2.08. The molecule has 0 fully saturated rings. The molecule has 4 aromatic rings. The number of pyridine rings is 1. The Kier molecular flexibility index (Phi) is 5.88. The topological polar surface area (TPSA) is 70.2 Å². The molecule has 4 rings (SSSR count). The summed E-state index contributed by atoms with van der Waals surface area (Å²) < 4.78 is 0. The van der Waals surface area contributed by atoms with Crippen LogP contribution in [0, 0.1) is 11.8 Å². The number of rotatable bonds is 4. The fraction of sp³-hybridized carbons (Fsp3) is 0.0769. The summed E-state index contributed by atoms with van der Waals surface area (Å²) in [4.78, 5) is 27.2. The lowest BCUT2D eigenvalue weighted by Gasteiger charge is -2.05. The van der Waals surface area contributed by atoms with Crippen LogP contribution in [0.2, 0.25) is 5.02 Å². The lowest BCUT2D eigenvalue weighted by atomic mass is 10.0. The summed E-state index contributed by atoms with van der Waals surface area (Å²) in [5, 5.41) is 10.3. The van der Waals surface area contributed by atoms with Crippen molar-refractivity contribution in [1.82, 2.24) is 4.98 Å². The molecule has 0 unspecified atom stereocenters. The SMILES string of the molecule is O=C(O)c1ccc(Cc2c[nH]c3ccc(C#CCc4ccc(Cl)cc4)cc3c2=O)cc1. The van der Waals surface area contributed by atoms with E-state index in [0.29, 0.717) is 28.8 Å². The zero-order chi connectivity index (χ0) is 21.8. The third-order valence-electron chi connectivity index (χ3n) is 4.99. The molecular formula is C26H18ClNO3. The summed E-state index contributed by atoms with van der Waals surface area (Å²) in [6.45, 7) is 0. The molecule has 0 aliphatic heterocycles. The molecule has 0 radical (unpaired) electrons. The van der Waals surface area contributed by atoms with Crippen molar-refractivity contribution < 1.29 is 9.90 Å². The van der Waals surface area contributed by atoms with Crippen molar-refractivity contribution >= 4 is 28.5 Å². The van der Waals surface area contributed by atoms with Gasteiger partial charge in [0.2, 0.25) is 0 Å². The molecular weight excluding hydrogens is 410 g/mol. The largest absolute Gasteiger partial charge is 0.478 e. The maximum Gasteiger partial charge on any atom is 0.335 e. The summed E-state index contributed by atoms with van der Waals surface area (Å²) in [5.41, 5.74) is 4.24. The quantitative estimate of drug-likeness (QED) is 0.447. The highest BCUT2D eigenvalue weighted by atomic mass is 35.5. The molecule has 0 atom stereocenters. The summed E-state index contributed by atoms with van der Waals surface area (Å²) >= 11 is 5.90. The van der Waals surface area contributed by atoms with Gasteiger partial charge in [0.15, 0.2) is 5.43 Å². The third kappa shape index (κ3) is 4.85. The minimum atomic E-state index is -0.972. The first-order chi connectivity index (χ1) is 15.0. The van der Waals surface area contributed by atoms with E-state index >= 15 is 0 Å². The Morgan fingerprint density at radius 2 is 1.68 bits per heavy atom. The number of aromatic nitrogens is 1. The van der Waals surface area contributed by atoms with Crippen molar-refractivity contribution in [2.24, 2.45) is 0 Å². The number of benzene rings is 3. The molecule has 3 aromatic carbocycles. The minimum absolute atomic E-state index is 0.0580. The van der Waals surface area contributed by atoms with Crippen molar-refractivity contribution in [3.63, 3.8) is 0 Å². The van der Waals surface area contributed by atoms with Crippen LogP contribution in [0.3, 0.4) is 0 Å². The number of carbonyl (C=O) groups is 1. The standard InChI is InChI=1S/C26H18ClNO3/c27-22-11-6-17(7-12-22)2-1-3-18-8-13-24-23(15-18)25(29)21(16-28-24)14-19-4-9-20(10-5-19)26(30)31/h4-13,15-16H,2,14H2,(H,28,29)(H,30,31). The van der Waals surface area contributed by atoms with Crippen molar-refractivity contribution in [2.75, 3.05) is 0 Å². The van der Waals surface area contributed by atoms with Gasteiger partial charge in [0.25, 0.3) is 0 Å². The van der Waals surface area contributed by atoms with Gasteiger partial charge in [-0.25, -0.2) is 4.79 Å². The monoisotopic (exact) mass is 427 g/mol. The number of nitrogens with one attached hydrogen (secondary N) is 1. The maximum atomic E-state index is 13.0. The lowest BCUT2D eigenvalue weighted by molar-refractivity contribution is 0.0697. The van der Waals surface area contributed by atoms with E-state index in [9.17, 15) is 9.59 Å². The van der Waals surface area contributed by atoms with E-state index in [0.717, 1.165) is 22.2 Å². The Morgan fingerprint density at radius 3 is 2.39 bits per heavy atom. The molecule has 0 aliphatic carbocycles. The van der Waals surface area contributed by atoms with E-state index in [1.54, 1.807) is 36.5 Å². The van der Waals surface area contributed by atoms with Crippen LogP contribution in [0.4, 0.5) is 0 Å². The summed E-state index contributed by atoms with van der Waals surface area (Å²) in [6, 6.07) is 19.6. The van der Waals surface area contributed by atoms with Gasteiger partial charge in [-0.05, 0) is 53.6 Å². The summed E-state index contributed by atoms with van der Waals surface area (Å²) in [5.74, 6) is 5.29. The van der Waals surface area contributed by atoms with Crippen LogP contribution in [0.1, 0.15) is 32.6 Å². The maximum absolute atomic E-state index is 13.0. The van der Waals surface area contributed by atoms with Gasteiger partial charge in [0.1, 0.15) is 0 Å². The highest BCUT2D eigenvalue weighted by molar-refractivity contribution is 6.30. The summed E-state index contributed by atoms with van der Waals surface area (Å²) in [7, 11) is 0. The number of hydrogen-bond donors (Lipinski definition) is 2. The summed E-state index contributed by atoms with van der Waals surface area (Å²) in [6.07, 6.45) is 2.72. The van der Waals surface area contributed by atoms with Crippen LogP contribution in [-0.2, 0) is 12.8 Å². The minimum Gasteiger partial charge on any atom is -0.478 e. The fourth-order valence-electron chi connectivity index (χ4n) is 3.31. The van der Waals surface area contributed by atoms with Crippen LogP contribution in [-0.4, -0.2) is 16.1 Å². The van der Waals surface area contributed by atoms with Gasteiger partial charge in [0, 0.05) is 46.1 Å². The zero-order valence-electron chi connectivity index (χ0n) is 16.5. The molecule has 5 heteroatoms. The van der Waals surface area contributed by atoms with Crippen LogP contribution >= 0.6 is 11.6 Å². The molecule has 4 nitrogen and oxygen atoms in total. The number of carboxylic acids is 1. The molecule has 31 heavy (non-hydrogen) atoms. The smallest absolute Gasteiger partial charge is 0.335 e. The predicted molar refractivity (Wildman–Crippen MR) is 123 cm³/mol. The average molecular weight is 428 g/mol. The Balaban J connectivity index is 1.58. The van der Waals surface area contributed by atoms with Gasteiger partial charge in [-0.2, -0.15) is 0 Å². The fourth-order valence-corrected chi connectivity index (χ4v) is 3.43. The van der Waals surface area contributed by atoms with Crippen LogP contribution in [0.15, 0.2) is 77.7 Å². The Hall–Kier alpha value is -3.81. The predicted octanol–water partition coefficient (Wildman–Crippen LogP) is 5.06. The number of carboxylic acid groups (broad SMARTS) is 1. The Morgan fingerprint density at radius 1 is 0.968 bits per heavy atom. The van der Waals surface area contributed by atoms with E-state index in [2.05, 4.69) is 16.8 Å². The van der Waals surface area contributed by atoms with Gasteiger partial charge in [-0.15, -0.1) is 0 Å². The molecule has 1 heterocycles. The number of hydrogen-bond acceptors (Lipinski definition) is 2. The van der Waals surface area contributed by atoms with E-state index in [-0.39, 0.29) is 11.0 Å². The molecule has 152 valence electrons. The van der Waals surface area contributed by atoms with Gasteiger partial charge in [-0.3, -0.25) is 4.79 Å². The van der Waals surface area contributed by atoms with E-state index in [4.69, 9.17) is 16.7 Å². The average Bonchev–Trinajstić information content (AvgIpc) is 2.78. The zero-order valence-corrected chi connectivity index (χ0v) is 17.2. The number of fused-ring (bicyclic) bond motifs is 1. The number of H-pyrrole nitrogens is 1. The highest BCUT2D eigenvalue weighted by Crippen LogP contribution is 2.14. The van der Waals surface area contributed by atoms with Gasteiger partial charge < -0.3 is 10.1 Å². The molecule has 0 saturated heterocycles. The Labute approximate surface area is 184 Å². The molecule has 0 bridgehead atoms. The van der Waals surface area contributed by atoms with E-state index in [1.165, 1.54) is 0 Å². The molecule has 0 amide bonds. The third-order valence-corrected chi connectivity index (χ3v) is 5.24. The second-order valence-electron chi connectivity index (χ2n) is 7.19. The van der Waals surface area contributed by atoms with Crippen LogP contribution < -0.4 is 5.43 Å². The van der Waals surface area contributed by atoms with Gasteiger partial charge in [-0.1, -0.05) is 47.7 Å². The second kappa shape index (κ2) is 8.91. The first-order valence-electron chi connectivity index (χ1n) is 9.69. The van der Waals surface area contributed by atoms with Gasteiger partial charge >= 0.3 is 5.97 Å². The van der Waals surface area contributed by atoms with Crippen molar-refractivity contribution in [2.45, 2.75) is 12.8 Å². The Bertz CT molecular complexity index is 1380. The van der Waals surface area contributed by atoms with Crippen LogP contribution in [0.5, 0.6) is 0 Å². The van der Waals surface area contributed by atoms with Crippen molar-refractivity contribution in [1.29, 1.82) is 0 Å². The van der Waals surface area contributed by atoms with Crippen molar-refractivity contribution in [3.05, 3.63) is 116 Å². The lowest BCUT2D eigenvalue weighted by Crippen LogP contribution is -2.11. The van der Waals surface area contributed by atoms with E-state index < -0.39 is 5.97 Å². The molecule has 2 N–H and O–H groups in total. The van der Waals surface area contributed by atoms with Crippen molar-refractivity contribution in [3.8, 4) is 11.8 Å². The molecule has 0 aliphatic rings. The van der Waals surface area contributed by atoms with E-state index in [1.807, 2.05) is 36.4 Å². The molecule has 1 aromatic heterocycles. The molecule has 0 saturated carbocycles. The van der Waals surface area contributed by atoms with Gasteiger partial charge in [0.05, 0.1) is 5.56 Å². The normalized spacial score (nSPS) is 10.5. The molecule has 0 spiro atoms. The first kappa shape index (κ1) is 20.5. The number of aromatic carboxylic acids is 1. The number of aromatic amines is 1. The van der Waals surface area contributed by atoms with Crippen LogP contribution in [0.25, 0.3) is 10.9 Å². The first-order valence-corrected chi connectivity index (χ1v) is 10.1. The number of halogens is 1. The second-order valence-corrected chi connectivity index (χ2v) is 7.62.